The van der Waals surface area contributed by atoms with Crippen LogP contribution < -0.4 is 0 Å². The lowest BCUT2D eigenvalue weighted by atomic mass is 9.91. The Balaban J connectivity index is 0.932. The highest BCUT2D eigenvalue weighted by Crippen LogP contribution is 2.41. The summed E-state index contributed by atoms with van der Waals surface area (Å²) in [6.07, 6.45) is 0. The number of benzene rings is 9. The summed E-state index contributed by atoms with van der Waals surface area (Å²) < 4.78 is 6.37. The van der Waals surface area contributed by atoms with Crippen LogP contribution in [0.3, 0.4) is 0 Å². The number of hydrogen-bond acceptors (Lipinski definition) is 4. The van der Waals surface area contributed by atoms with E-state index in [0.717, 1.165) is 99.8 Å². The minimum Gasteiger partial charge on any atom is -0.455 e. The summed E-state index contributed by atoms with van der Waals surface area (Å²) in [6, 6.07) is 78.6. The Kier molecular flexibility index (Phi) is 8.79. The van der Waals surface area contributed by atoms with Crippen LogP contribution in [0.5, 0.6) is 0 Å². The monoisotopic (exact) mass is 803 g/mol. The van der Waals surface area contributed by atoms with Crippen molar-refractivity contribution >= 4 is 43.6 Å². The second-order valence-electron chi connectivity index (χ2n) is 15.9. The van der Waals surface area contributed by atoms with E-state index in [1.54, 1.807) is 0 Å². The highest BCUT2D eigenvalue weighted by atomic mass is 16.3. The van der Waals surface area contributed by atoms with E-state index in [1.807, 2.05) is 30.3 Å². The van der Waals surface area contributed by atoms with Crippen LogP contribution in [0, 0.1) is 0 Å². The molecule has 0 saturated heterocycles. The first-order valence-corrected chi connectivity index (χ1v) is 21.3. The van der Waals surface area contributed by atoms with Crippen molar-refractivity contribution in [1.29, 1.82) is 0 Å². The standard InChI is InChI=1S/C59H37N3O/c1-4-14-39(15-5-1)46-21-12-24-50-56(46)51-36-45(34-35-52(51)60-57(50)43-16-6-2-7-17-43)38-26-30-41(31-27-38)53-37-54(62-59(61-53)44-18-8-3-9-19-44)42-32-28-40(29-33-42)47-22-13-23-49-48-20-10-11-25-55(48)63-58(47)49/h1-37H. The van der Waals surface area contributed by atoms with Gasteiger partial charge in [0.2, 0.25) is 0 Å². The van der Waals surface area contributed by atoms with E-state index in [-0.39, 0.29) is 0 Å². The van der Waals surface area contributed by atoms with Crippen molar-refractivity contribution in [2.45, 2.75) is 0 Å². The molecular weight excluding hydrogens is 767 g/mol. The summed E-state index contributed by atoms with van der Waals surface area (Å²) in [6.45, 7) is 0. The third-order valence-corrected chi connectivity index (χ3v) is 12.1. The summed E-state index contributed by atoms with van der Waals surface area (Å²) in [5, 5.41) is 5.70. The minimum atomic E-state index is 0.682. The lowest BCUT2D eigenvalue weighted by Gasteiger charge is -2.15. The first-order chi connectivity index (χ1) is 31.2. The molecule has 0 aliphatic heterocycles. The van der Waals surface area contributed by atoms with E-state index in [9.17, 15) is 0 Å². The summed E-state index contributed by atoms with van der Waals surface area (Å²) >= 11 is 0. The van der Waals surface area contributed by atoms with Crippen LogP contribution in [0.1, 0.15) is 0 Å². The summed E-state index contributed by atoms with van der Waals surface area (Å²) in [4.78, 5) is 15.5. The van der Waals surface area contributed by atoms with Crippen molar-refractivity contribution in [3.05, 3.63) is 224 Å². The van der Waals surface area contributed by atoms with E-state index in [2.05, 4.69) is 194 Å². The normalized spacial score (nSPS) is 11.5. The SMILES string of the molecule is c1ccc(-c2nc(-c3ccc(-c4ccc5nc(-c6ccccc6)c6cccc(-c7ccccc7)c6c5c4)cc3)cc(-c3ccc(-c4cccc5c4oc4ccccc45)cc3)n2)cc1. The van der Waals surface area contributed by atoms with Gasteiger partial charge in [0.05, 0.1) is 22.6 Å². The topological polar surface area (TPSA) is 51.8 Å². The van der Waals surface area contributed by atoms with Gasteiger partial charge in [-0.15, -0.1) is 0 Å². The molecule has 0 fully saturated rings. The number of aromatic nitrogens is 3. The molecule has 3 heterocycles. The zero-order valence-corrected chi connectivity index (χ0v) is 34.1. The van der Waals surface area contributed by atoms with Crippen LogP contribution in [-0.2, 0) is 0 Å². The summed E-state index contributed by atoms with van der Waals surface area (Å²) in [5.74, 6) is 0.682. The van der Waals surface area contributed by atoms with E-state index >= 15 is 0 Å². The molecule has 0 bridgehead atoms. The van der Waals surface area contributed by atoms with E-state index in [0.29, 0.717) is 5.82 Å². The maximum Gasteiger partial charge on any atom is 0.160 e. The van der Waals surface area contributed by atoms with E-state index in [1.165, 1.54) is 16.5 Å². The van der Waals surface area contributed by atoms with Gasteiger partial charge in [-0.1, -0.05) is 200 Å². The van der Waals surface area contributed by atoms with Crippen LogP contribution in [0.15, 0.2) is 229 Å². The van der Waals surface area contributed by atoms with Gasteiger partial charge in [-0.05, 0) is 52.1 Å². The van der Waals surface area contributed by atoms with Crippen molar-refractivity contribution in [1.82, 2.24) is 15.0 Å². The van der Waals surface area contributed by atoms with Crippen molar-refractivity contribution in [3.8, 4) is 78.5 Å². The molecule has 0 saturated carbocycles. The van der Waals surface area contributed by atoms with E-state index < -0.39 is 0 Å². The number of pyridine rings is 1. The van der Waals surface area contributed by atoms with Gasteiger partial charge in [0, 0.05) is 54.7 Å². The molecule has 0 unspecified atom stereocenters. The molecule has 9 aromatic carbocycles. The number of rotatable bonds is 7. The van der Waals surface area contributed by atoms with Gasteiger partial charge >= 0.3 is 0 Å². The predicted molar refractivity (Wildman–Crippen MR) is 260 cm³/mol. The van der Waals surface area contributed by atoms with Gasteiger partial charge in [-0.25, -0.2) is 15.0 Å². The van der Waals surface area contributed by atoms with Gasteiger partial charge < -0.3 is 4.42 Å². The zero-order valence-electron chi connectivity index (χ0n) is 34.1. The Bertz CT molecular complexity index is 3640. The second-order valence-corrected chi connectivity index (χ2v) is 15.9. The molecule has 0 aliphatic rings. The predicted octanol–water partition coefficient (Wildman–Crippen LogP) is 15.7. The summed E-state index contributed by atoms with van der Waals surface area (Å²) in [7, 11) is 0. The molecule has 0 N–H and O–H groups in total. The molecular formula is C59H37N3O. The Morgan fingerprint density at radius 3 is 1.52 bits per heavy atom. The molecule has 12 aromatic rings. The average Bonchev–Trinajstić information content (AvgIpc) is 3.76. The Morgan fingerprint density at radius 1 is 0.302 bits per heavy atom. The molecule has 0 radical (unpaired) electrons. The average molecular weight is 804 g/mol. The Labute approximate surface area is 364 Å². The van der Waals surface area contributed by atoms with Crippen LogP contribution in [0.2, 0.25) is 0 Å². The molecule has 4 heteroatoms. The molecule has 63 heavy (non-hydrogen) atoms. The first kappa shape index (κ1) is 36.4. The number of hydrogen-bond donors (Lipinski definition) is 0. The smallest absolute Gasteiger partial charge is 0.160 e. The highest BCUT2D eigenvalue weighted by molar-refractivity contribution is 6.17. The van der Waals surface area contributed by atoms with Crippen molar-refractivity contribution in [3.63, 3.8) is 0 Å². The molecule has 12 rings (SSSR count). The molecule has 0 aliphatic carbocycles. The number of fused-ring (bicyclic) bond motifs is 6. The number of furan rings is 1. The van der Waals surface area contributed by atoms with Crippen molar-refractivity contribution < 1.29 is 4.42 Å². The van der Waals surface area contributed by atoms with Crippen LogP contribution in [0.4, 0.5) is 0 Å². The third kappa shape index (κ3) is 6.53. The number of para-hydroxylation sites is 2. The fourth-order valence-corrected chi connectivity index (χ4v) is 9.00. The second kappa shape index (κ2) is 15.2. The highest BCUT2D eigenvalue weighted by Gasteiger charge is 2.17. The van der Waals surface area contributed by atoms with Crippen molar-refractivity contribution in [2.75, 3.05) is 0 Å². The van der Waals surface area contributed by atoms with Gasteiger partial charge in [-0.2, -0.15) is 0 Å². The molecule has 3 aromatic heterocycles. The van der Waals surface area contributed by atoms with Crippen molar-refractivity contribution in [2.24, 2.45) is 0 Å². The van der Waals surface area contributed by atoms with Gasteiger partial charge in [0.1, 0.15) is 11.2 Å². The largest absolute Gasteiger partial charge is 0.455 e. The fraction of sp³-hybridized carbons (Fsp3) is 0. The van der Waals surface area contributed by atoms with E-state index in [4.69, 9.17) is 19.4 Å². The van der Waals surface area contributed by atoms with Crippen LogP contribution >= 0.6 is 0 Å². The first-order valence-electron chi connectivity index (χ1n) is 21.3. The molecule has 4 nitrogen and oxygen atoms in total. The molecule has 0 amide bonds. The quantitative estimate of drug-likeness (QED) is 0.151. The van der Waals surface area contributed by atoms with Gasteiger partial charge in [-0.3, -0.25) is 0 Å². The Hall–Kier alpha value is -8.47. The van der Waals surface area contributed by atoms with Gasteiger partial charge in [0.15, 0.2) is 5.82 Å². The summed E-state index contributed by atoms with van der Waals surface area (Å²) in [5.41, 5.74) is 16.3. The number of nitrogens with zero attached hydrogens (tertiary/aromatic N) is 3. The van der Waals surface area contributed by atoms with Gasteiger partial charge in [0.25, 0.3) is 0 Å². The Morgan fingerprint density at radius 2 is 0.825 bits per heavy atom. The molecule has 294 valence electrons. The fourth-order valence-electron chi connectivity index (χ4n) is 9.00. The third-order valence-electron chi connectivity index (χ3n) is 12.1. The lowest BCUT2D eigenvalue weighted by molar-refractivity contribution is 0.670. The molecule has 0 spiro atoms. The minimum absolute atomic E-state index is 0.682. The lowest BCUT2D eigenvalue weighted by Crippen LogP contribution is -1.96. The maximum atomic E-state index is 6.37. The van der Waals surface area contributed by atoms with Crippen LogP contribution in [0.25, 0.3) is 122 Å². The van der Waals surface area contributed by atoms with Crippen LogP contribution in [-0.4, -0.2) is 15.0 Å². The molecule has 0 atom stereocenters. The maximum absolute atomic E-state index is 6.37. The zero-order chi connectivity index (χ0) is 41.7.